The van der Waals surface area contributed by atoms with Crippen LogP contribution >= 0.6 is 0 Å². The van der Waals surface area contributed by atoms with Gasteiger partial charge in [0.2, 0.25) is 0 Å². The molecule has 3 atom stereocenters. The molecule has 1 aliphatic carbocycles. The highest BCUT2D eigenvalue weighted by Gasteiger charge is 2.29. The van der Waals surface area contributed by atoms with Crippen LogP contribution in [0, 0.1) is 17.8 Å². The van der Waals surface area contributed by atoms with E-state index in [1.54, 1.807) is 0 Å². The number of rotatable bonds is 10. The Bertz CT molecular complexity index is 229. The Morgan fingerprint density at radius 2 is 1.90 bits per heavy atom. The molecule has 0 aromatic carbocycles. The fourth-order valence-electron chi connectivity index (χ4n) is 3.50. The zero-order valence-corrected chi connectivity index (χ0v) is 14.3. The molecule has 1 saturated carbocycles. The van der Waals surface area contributed by atoms with Gasteiger partial charge in [-0.3, -0.25) is 0 Å². The van der Waals surface area contributed by atoms with E-state index in [9.17, 15) is 0 Å². The lowest BCUT2D eigenvalue weighted by molar-refractivity contribution is 0.0793. The third-order valence-corrected chi connectivity index (χ3v) is 4.53. The smallest absolute Gasteiger partial charge is 0.0488 e. The van der Waals surface area contributed by atoms with E-state index in [4.69, 9.17) is 4.74 Å². The lowest BCUT2D eigenvalue weighted by Gasteiger charge is -2.37. The molecule has 0 heterocycles. The summed E-state index contributed by atoms with van der Waals surface area (Å²) in [5.74, 6) is 2.46. The van der Waals surface area contributed by atoms with Crippen molar-refractivity contribution in [3.05, 3.63) is 0 Å². The zero-order chi connectivity index (χ0) is 14.8. The van der Waals surface area contributed by atoms with Gasteiger partial charge in [-0.15, -0.1) is 0 Å². The van der Waals surface area contributed by atoms with Crippen molar-refractivity contribution in [3.8, 4) is 0 Å². The van der Waals surface area contributed by atoms with Gasteiger partial charge >= 0.3 is 0 Å². The van der Waals surface area contributed by atoms with Gasteiger partial charge in [-0.2, -0.15) is 0 Å². The largest absolute Gasteiger partial charge is 0.381 e. The summed E-state index contributed by atoms with van der Waals surface area (Å²) in [5, 5.41) is 3.78. The molecule has 0 bridgehead atoms. The minimum absolute atomic E-state index is 0.656. The van der Waals surface area contributed by atoms with E-state index in [0.717, 1.165) is 31.1 Å². The maximum Gasteiger partial charge on any atom is 0.0488 e. The molecule has 120 valence electrons. The highest BCUT2D eigenvalue weighted by atomic mass is 16.5. The molecule has 20 heavy (non-hydrogen) atoms. The summed E-state index contributed by atoms with van der Waals surface area (Å²) in [6, 6.07) is 0.741. The van der Waals surface area contributed by atoms with Gasteiger partial charge in [-0.1, -0.05) is 40.5 Å². The standard InChI is InChI=1S/C18H37NO/c1-5-7-16-8-9-18(19-11-6-2)17(13-16)10-12-20-14-15(3)4/h15-19H,5-14H2,1-4H3. The van der Waals surface area contributed by atoms with E-state index < -0.39 is 0 Å². The van der Waals surface area contributed by atoms with Gasteiger partial charge in [0.15, 0.2) is 0 Å². The topological polar surface area (TPSA) is 21.3 Å². The molecule has 0 aliphatic heterocycles. The molecule has 0 aromatic heterocycles. The summed E-state index contributed by atoms with van der Waals surface area (Å²) in [6.45, 7) is 12.1. The molecule has 2 nitrogen and oxygen atoms in total. The number of hydrogen-bond donors (Lipinski definition) is 1. The molecule has 0 radical (unpaired) electrons. The van der Waals surface area contributed by atoms with Gasteiger partial charge in [-0.25, -0.2) is 0 Å². The van der Waals surface area contributed by atoms with Crippen molar-refractivity contribution < 1.29 is 4.74 Å². The second-order valence-electron chi connectivity index (χ2n) is 7.05. The van der Waals surface area contributed by atoms with Crippen LogP contribution in [-0.2, 0) is 4.74 Å². The fraction of sp³-hybridized carbons (Fsp3) is 1.00. The van der Waals surface area contributed by atoms with Crippen LogP contribution in [0.5, 0.6) is 0 Å². The third kappa shape index (κ3) is 7.08. The molecule has 1 fully saturated rings. The van der Waals surface area contributed by atoms with E-state index in [0.29, 0.717) is 5.92 Å². The Balaban J connectivity index is 2.35. The Morgan fingerprint density at radius 3 is 2.55 bits per heavy atom. The summed E-state index contributed by atoms with van der Waals surface area (Å²) in [5.41, 5.74) is 0. The van der Waals surface area contributed by atoms with Crippen LogP contribution in [0.3, 0.4) is 0 Å². The van der Waals surface area contributed by atoms with Crippen molar-refractivity contribution in [2.45, 2.75) is 78.7 Å². The molecular formula is C18H37NO. The van der Waals surface area contributed by atoms with Gasteiger partial charge in [0.25, 0.3) is 0 Å². The normalized spacial score (nSPS) is 27.1. The van der Waals surface area contributed by atoms with Gasteiger partial charge < -0.3 is 10.1 Å². The molecule has 1 N–H and O–H groups in total. The van der Waals surface area contributed by atoms with Crippen LogP contribution in [-0.4, -0.2) is 25.8 Å². The van der Waals surface area contributed by atoms with Crippen molar-refractivity contribution in [1.82, 2.24) is 5.32 Å². The molecule has 3 unspecified atom stereocenters. The van der Waals surface area contributed by atoms with E-state index in [2.05, 4.69) is 33.0 Å². The highest BCUT2D eigenvalue weighted by Crippen LogP contribution is 2.34. The molecule has 1 aliphatic rings. The Hall–Kier alpha value is -0.0800. The Labute approximate surface area is 127 Å². The predicted octanol–water partition coefficient (Wildman–Crippen LogP) is 4.63. The van der Waals surface area contributed by atoms with E-state index in [1.807, 2.05) is 0 Å². The molecule has 0 spiro atoms. The first kappa shape index (κ1) is 18.0. The van der Waals surface area contributed by atoms with Crippen molar-refractivity contribution in [2.75, 3.05) is 19.8 Å². The quantitative estimate of drug-likeness (QED) is 0.590. The highest BCUT2D eigenvalue weighted by molar-refractivity contribution is 4.84. The zero-order valence-electron chi connectivity index (χ0n) is 14.3. The lowest BCUT2D eigenvalue weighted by atomic mass is 9.75. The first-order valence-corrected chi connectivity index (χ1v) is 8.98. The van der Waals surface area contributed by atoms with Crippen molar-refractivity contribution in [2.24, 2.45) is 17.8 Å². The monoisotopic (exact) mass is 283 g/mol. The third-order valence-electron chi connectivity index (χ3n) is 4.53. The molecular weight excluding hydrogens is 246 g/mol. The van der Waals surface area contributed by atoms with E-state index in [1.165, 1.54) is 51.5 Å². The van der Waals surface area contributed by atoms with Crippen molar-refractivity contribution >= 4 is 0 Å². The van der Waals surface area contributed by atoms with Crippen molar-refractivity contribution in [1.29, 1.82) is 0 Å². The van der Waals surface area contributed by atoms with Crippen LogP contribution < -0.4 is 5.32 Å². The second kappa shape index (κ2) is 10.6. The summed E-state index contributed by atoms with van der Waals surface area (Å²) in [7, 11) is 0. The maximum atomic E-state index is 5.82. The summed E-state index contributed by atoms with van der Waals surface area (Å²) < 4.78 is 5.82. The van der Waals surface area contributed by atoms with Gasteiger partial charge in [0.1, 0.15) is 0 Å². The minimum atomic E-state index is 0.656. The maximum absolute atomic E-state index is 5.82. The van der Waals surface area contributed by atoms with Crippen molar-refractivity contribution in [3.63, 3.8) is 0 Å². The summed E-state index contributed by atoms with van der Waals surface area (Å²) in [4.78, 5) is 0. The van der Waals surface area contributed by atoms with E-state index >= 15 is 0 Å². The number of ether oxygens (including phenoxy) is 1. The Kier molecular flexibility index (Phi) is 9.54. The summed E-state index contributed by atoms with van der Waals surface area (Å²) >= 11 is 0. The van der Waals surface area contributed by atoms with Crippen LogP contribution in [0.15, 0.2) is 0 Å². The summed E-state index contributed by atoms with van der Waals surface area (Å²) in [6.07, 6.45) is 9.47. The average molecular weight is 283 g/mol. The fourth-order valence-corrected chi connectivity index (χ4v) is 3.50. The van der Waals surface area contributed by atoms with Gasteiger partial charge in [-0.05, 0) is 56.4 Å². The Morgan fingerprint density at radius 1 is 1.10 bits per heavy atom. The van der Waals surface area contributed by atoms with E-state index in [-0.39, 0.29) is 0 Å². The lowest BCUT2D eigenvalue weighted by Crippen LogP contribution is -2.41. The van der Waals surface area contributed by atoms with Gasteiger partial charge in [0.05, 0.1) is 0 Å². The average Bonchev–Trinajstić information content (AvgIpc) is 2.43. The van der Waals surface area contributed by atoms with Crippen LogP contribution in [0.4, 0.5) is 0 Å². The SMILES string of the molecule is CCCNC1CCC(CCC)CC1CCOCC(C)C. The predicted molar refractivity (Wildman–Crippen MR) is 88.1 cm³/mol. The first-order valence-electron chi connectivity index (χ1n) is 8.98. The molecule has 0 amide bonds. The number of hydrogen-bond acceptors (Lipinski definition) is 2. The minimum Gasteiger partial charge on any atom is -0.381 e. The molecule has 0 saturated heterocycles. The second-order valence-corrected chi connectivity index (χ2v) is 7.05. The first-order chi connectivity index (χ1) is 9.67. The van der Waals surface area contributed by atoms with Crippen LogP contribution in [0.25, 0.3) is 0 Å². The molecule has 1 rings (SSSR count). The van der Waals surface area contributed by atoms with Crippen LogP contribution in [0.2, 0.25) is 0 Å². The van der Waals surface area contributed by atoms with Gasteiger partial charge in [0, 0.05) is 19.3 Å². The number of nitrogens with one attached hydrogen (secondary N) is 1. The molecule has 2 heteroatoms. The molecule has 0 aromatic rings. The van der Waals surface area contributed by atoms with Crippen LogP contribution in [0.1, 0.15) is 72.6 Å².